The summed E-state index contributed by atoms with van der Waals surface area (Å²) in [5.41, 5.74) is 1.46. The zero-order chi connectivity index (χ0) is 14.2. The fraction of sp³-hybridized carbons (Fsp3) is 0.647. The third kappa shape index (κ3) is 5.12. The first kappa shape index (κ1) is 15.9. The van der Waals surface area contributed by atoms with Crippen LogP contribution in [0.4, 0.5) is 0 Å². The SMILES string of the molecule is CC(C)C(CNCCN1CCSCC1)c1ccccc1. The molecule has 2 nitrogen and oxygen atoms in total. The van der Waals surface area contributed by atoms with Crippen molar-refractivity contribution in [3.05, 3.63) is 35.9 Å². The van der Waals surface area contributed by atoms with Gasteiger partial charge in [-0.05, 0) is 17.4 Å². The van der Waals surface area contributed by atoms with Gasteiger partial charge in [-0.25, -0.2) is 0 Å². The lowest BCUT2D eigenvalue weighted by atomic mass is 9.88. The molecular formula is C17H28N2S. The van der Waals surface area contributed by atoms with Gasteiger partial charge in [0, 0.05) is 44.2 Å². The number of nitrogens with one attached hydrogen (secondary N) is 1. The molecule has 1 atom stereocenters. The Morgan fingerprint density at radius 1 is 1.15 bits per heavy atom. The molecule has 0 amide bonds. The molecule has 0 spiro atoms. The van der Waals surface area contributed by atoms with E-state index in [4.69, 9.17) is 0 Å². The van der Waals surface area contributed by atoms with E-state index < -0.39 is 0 Å². The Labute approximate surface area is 128 Å². The van der Waals surface area contributed by atoms with Crippen molar-refractivity contribution in [1.82, 2.24) is 10.2 Å². The van der Waals surface area contributed by atoms with Crippen molar-refractivity contribution in [2.45, 2.75) is 19.8 Å². The van der Waals surface area contributed by atoms with Crippen LogP contribution in [0.25, 0.3) is 0 Å². The Kier molecular flexibility index (Phi) is 6.91. The molecule has 0 radical (unpaired) electrons. The van der Waals surface area contributed by atoms with Gasteiger partial charge in [-0.2, -0.15) is 11.8 Å². The van der Waals surface area contributed by atoms with Gasteiger partial charge in [-0.3, -0.25) is 0 Å². The summed E-state index contributed by atoms with van der Waals surface area (Å²) in [7, 11) is 0. The summed E-state index contributed by atoms with van der Waals surface area (Å²) >= 11 is 2.08. The molecule has 112 valence electrons. The fourth-order valence-corrected chi connectivity index (χ4v) is 3.74. The number of nitrogens with zero attached hydrogens (tertiary/aromatic N) is 1. The molecular weight excluding hydrogens is 264 g/mol. The molecule has 2 rings (SSSR count). The third-order valence-electron chi connectivity index (χ3n) is 4.11. The molecule has 0 saturated carbocycles. The summed E-state index contributed by atoms with van der Waals surface area (Å²) < 4.78 is 0. The molecule has 0 aromatic heterocycles. The summed E-state index contributed by atoms with van der Waals surface area (Å²) in [5, 5.41) is 3.66. The van der Waals surface area contributed by atoms with Crippen LogP contribution in [-0.4, -0.2) is 49.1 Å². The quantitative estimate of drug-likeness (QED) is 0.778. The zero-order valence-corrected chi connectivity index (χ0v) is 13.7. The van der Waals surface area contributed by atoms with Crippen molar-refractivity contribution < 1.29 is 0 Å². The van der Waals surface area contributed by atoms with Crippen molar-refractivity contribution in [1.29, 1.82) is 0 Å². The van der Waals surface area contributed by atoms with Gasteiger partial charge >= 0.3 is 0 Å². The fourth-order valence-electron chi connectivity index (χ4n) is 2.76. The molecule has 20 heavy (non-hydrogen) atoms. The first-order chi connectivity index (χ1) is 9.77. The Balaban J connectivity index is 1.72. The van der Waals surface area contributed by atoms with Crippen molar-refractivity contribution in [3.8, 4) is 0 Å². The van der Waals surface area contributed by atoms with E-state index in [9.17, 15) is 0 Å². The Bertz CT molecular complexity index is 361. The van der Waals surface area contributed by atoms with Crippen molar-refractivity contribution in [2.24, 2.45) is 5.92 Å². The normalized spacial score (nSPS) is 18.4. The van der Waals surface area contributed by atoms with Crippen LogP contribution in [0.3, 0.4) is 0 Å². The molecule has 1 N–H and O–H groups in total. The minimum absolute atomic E-state index is 0.619. The monoisotopic (exact) mass is 292 g/mol. The maximum atomic E-state index is 3.66. The van der Waals surface area contributed by atoms with E-state index in [1.54, 1.807) is 0 Å². The number of hydrogen-bond donors (Lipinski definition) is 1. The largest absolute Gasteiger partial charge is 0.315 e. The molecule has 1 unspecified atom stereocenters. The van der Waals surface area contributed by atoms with Crippen LogP contribution in [0.1, 0.15) is 25.3 Å². The highest BCUT2D eigenvalue weighted by Crippen LogP contribution is 2.23. The number of benzene rings is 1. The standard InChI is InChI=1S/C17H28N2S/c1-15(2)17(16-6-4-3-5-7-16)14-18-8-9-19-10-12-20-13-11-19/h3-7,15,17-18H,8-14H2,1-2H3. The lowest BCUT2D eigenvalue weighted by Crippen LogP contribution is -2.38. The molecule has 3 heteroatoms. The molecule has 1 fully saturated rings. The predicted octanol–water partition coefficient (Wildman–Crippen LogP) is 3.06. The molecule has 0 bridgehead atoms. The minimum Gasteiger partial charge on any atom is -0.315 e. The van der Waals surface area contributed by atoms with Crippen LogP contribution in [-0.2, 0) is 0 Å². The van der Waals surface area contributed by atoms with Crippen LogP contribution < -0.4 is 5.32 Å². The molecule has 1 saturated heterocycles. The van der Waals surface area contributed by atoms with E-state index in [-0.39, 0.29) is 0 Å². The van der Waals surface area contributed by atoms with Gasteiger partial charge in [-0.15, -0.1) is 0 Å². The Morgan fingerprint density at radius 2 is 1.85 bits per heavy atom. The first-order valence-corrected chi connectivity index (χ1v) is 8.98. The third-order valence-corrected chi connectivity index (χ3v) is 5.05. The second kappa shape index (κ2) is 8.71. The lowest BCUT2D eigenvalue weighted by molar-refractivity contribution is 0.298. The molecule has 1 aliphatic rings. The van der Waals surface area contributed by atoms with Gasteiger partial charge in [0.05, 0.1) is 0 Å². The highest BCUT2D eigenvalue weighted by Gasteiger charge is 2.15. The van der Waals surface area contributed by atoms with Crippen LogP contribution in [0.5, 0.6) is 0 Å². The number of hydrogen-bond acceptors (Lipinski definition) is 3. The van der Waals surface area contributed by atoms with E-state index >= 15 is 0 Å². The van der Waals surface area contributed by atoms with E-state index in [0.29, 0.717) is 11.8 Å². The van der Waals surface area contributed by atoms with E-state index in [1.807, 2.05) is 0 Å². The van der Waals surface area contributed by atoms with Crippen molar-refractivity contribution in [3.63, 3.8) is 0 Å². The topological polar surface area (TPSA) is 15.3 Å². The summed E-state index contributed by atoms with van der Waals surface area (Å²) in [6, 6.07) is 10.9. The average Bonchev–Trinajstić information content (AvgIpc) is 2.49. The molecule has 1 aliphatic heterocycles. The van der Waals surface area contributed by atoms with Crippen LogP contribution >= 0.6 is 11.8 Å². The summed E-state index contributed by atoms with van der Waals surface area (Å²) in [4.78, 5) is 2.58. The maximum Gasteiger partial charge on any atom is 0.0107 e. The lowest BCUT2D eigenvalue weighted by Gasteiger charge is -2.27. The van der Waals surface area contributed by atoms with E-state index in [0.717, 1.165) is 13.1 Å². The average molecular weight is 292 g/mol. The first-order valence-electron chi connectivity index (χ1n) is 7.83. The summed E-state index contributed by atoms with van der Waals surface area (Å²) in [6.07, 6.45) is 0. The van der Waals surface area contributed by atoms with Crippen LogP contribution in [0, 0.1) is 5.92 Å². The van der Waals surface area contributed by atoms with Gasteiger partial charge in [0.2, 0.25) is 0 Å². The second-order valence-electron chi connectivity index (χ2n) is 5.92. The zero-order valence-electron chi connectivity index (χ0n) is 12.8. The smallest absolute Gasteiger partial charge is 0.0107 e. The van der Waals surface area contributed by atoms with Crippen molar-refractivity contribution >= 4 is 11.8 Å². The minimum atomic E-state index is 0.619. The Hall–Kier alpha value is -0.510. The van der Waals surface area contributed by atoms with E-state index in [1.165, 1.54) is 36.7 Å². The van der Waals surface area contributed by atoms with E-state index in [2.05, 4.69) is 66.2 Å². The summed E-state index contributed by atoms with van der Waals surface area (Å²) in [5.74, 6) is 3.90. The highest BCUT2D eigenvalue weighted by molar-refractivity contribution is 7.99. The molecule has 0 aliphatic carbocycles. The van der Waals surface area contributed by atoms with Crippen molar-refractivity contribution in [2.75, 3.05) is 44.2 Å². The predicted molar refractivity (Wildman–Crippen MR) is 90.7 cm³/mol. The molecule has 1 aromatic rings. The maximum absolute atomic E-state index is 3.66. The highest BCUT2D eigenvalue weighted by atomic mass is 32.2. The summed E-state index contributed by atoms with van der Waals surface area (Å²) in [6.45, 7) is 10.6. The second-order valence-corrected chi connectivity index (χ2v) is 7.14. The van der Waals surface area contributed by atoms with Gasteiger partial charge < -0.3 is 10.2 Å². The van der Waals surface area contributed by atoms with Gasteiger partial charge in [0.15, 0.2) is 0 Å². The Morgan fingerprint density at radius 3 is 2.50 bits per heavy atom. The molecule has 1 aromatic carbocycles. The number of rotatable bonds is 7. The van der Waals surface area contributed by atoms with Crippen LogP contribution in [0.15, 0.2) is 30.3 Å². The number of thioether (sulfide) groups is 1. The van der Waals surface area contributed by atoms with Crippen LogP contribution in [0.2, 0.25) is 0 Å². The molecule has 1 heterocycles. The van der Waals surface area contributed by atoms with Gasteiger partial charge in [0.1, 0.15) is 0 Å². The van der Waals surface area contributed by atoms with Gasteiger partial charge in [-0.1, -0.05) is 44.2 Å². The van der Waals surface area contributed by atoms with Gasteiger partial charge in [0.25, 0.3) is 0 Å².